The van der Waals surface area contributed by atoms with Crippen LogP contribution in [-0.4, -0.2) is 46.9 Å². The van der Waals surface area contributed by atoms with Crippen LogP contribution in [0.4, 0.5) is 0 Å². The SMILES string of the molecule is CC\C=C/C=C/C=C/C=C\C=C\C=C\CCCCCC(=O)OC(CCCCCCCCCCCCCCCCC)CC(=O)NC(CO)C(O)CCCCCCCCCCCCCCC. The Labute approximate surface area is 396 Å². The fourth-order valence-electron chi connectivity index (χ4n) is 8.11. The summed E-state index contributed by atoms with van der Waals surface area (Å²) in [6, 6.07) is -0.712. The van der Waals surface area contributed by atoms with Crippen molar-refractivity contribution in [3.63, 3.8) is 0 Å². The molecule has 0 aromatic heterocycles. The van der Waals surface area contributed by atoms with E-state index >= 15 is 0 Å². The van der Waals surface area contributed by atoms with Crippen LogP contribution >= 0.6 is 0 Å². The van der Waals surface area contributed by atoms with Gasteiger partial charge in [0.25, 0.3) is 0 Å². The number of amides is 1. The molecule has 370 valence electrons. The minimum Gasteiger partial charge on any atom is -0.462 e. The van der Waals surface area contributed by atoms with E-state index < -0.39 is 18.2 Å². The Kier molecular flexibility index (Phi) is 49.1. The molecular formula is C58H103NO5. The lowest BCUT2D eigenvalue weighted by atomic mass is 10.0. The van der Waals surface area contributed by atoms with Crippen molar-refractivity contribution in [2.75, 3.05) is 6.61 Å². The summed E-state index contributed by atoms with van der Waals surface area (Å²) in [5.74, 6) is -0.519. The van der Waals surface area contributed by atoms with Gasteiger partial charge in [0.1, 0.15) is 6.10 Å². The largest absolute Gasteiger partial charge is 0.462 e. The molecule has 0 spiro atoms. The number of ether oxygens (including phenoxy) is 1. The molecule has 6 heteroatoms. The van der Waals surface area contributed by atoms with Gasteiger partial charge in [-0.2, -0.15) is 0 Å². The molecule has 0 aliphatic rings. The van der Waals surface area contributed by atoms with Gasteiger partial charge in [-0.05, 0) is 44.9 Å². The summed E-state index contributed by atoms with van der Waals surface area (Å²) in [7, 11) is 0. The van der Waals surface area contributed by atoms with Crippen LogP contribution in [0.1, 0.15) is 258 Å². The topological polar surface area (TPSA) is 95.9 Å². The first-order valence-electron chi connectivity index (χ1n) is 27.2. The normalized spacial score (nSPS) is 13.8. The molecule has 0 aliphatic carbocycles. The van der Waals surface area contributed by atoms with E-state index in [0.717, 1.165) is 70.6 Å². The maximum atomic E-state index is 13.2. The molecule has 3 unspecified atom stereocenters. The van der Waals surface area contributed by atoms with Crippen molar-refractivity contribution in [1.29, 1.82) is 0 Å². The summed E-state index contributed by atoms with van der Waals surface area (Å²) in [4.78, 5) is 26.2. The molecule has 6 nitrogen and oxygen atoms in total. The fraction of sp³-hybridized carbons (Fsp3) is 0.759. The summed E-state index contributed by atoms with van der Waals surface area (Å²) in [6.45, 7) is 6.34. The molecule has 3 N–H and O–H groups in total. The number of hydrogen-bond acceptors (Lipinski definition) is 5. The first-order chi connectivity index (χ1) is 31.5. The van der Waals surface area contributed by atoms with Crippen molar-refractivity contribution in [3.8, 4) is 0 Å². The number of nitrogens with one attached hydrogen (secondary N) is 1. The Morgan fingerprint density at radius 3 is 1.27 bits per heavy atom. The van der Waals surface area contributed by atoms with Gasteiger partial charge >= 0.3 is 5.97 Å². The lowest BCUT2D eigenvalue weighted by molar-refractivity contribution is -0.151. The third kappa shape index (κ3) is 45.9. The second kappa shape index (κ2) is 51.3. The second-order valence-corrected chi connectivity index (χ2v) is 18.4. The van der Waals surface area contributed by atoms with Gasteiger partial charge in [0.2, 0.25) is 5.91 Å². The third-order valence-corrected chi connectivity index (χ3v) is 12.2. The molecular weight excluding hydrogens is 791 g/mol. The molecule has 1 amide bonds. The highest BCUT2D eigenvalue weighted by molar-refractivity contribution is 5.77. The molecule has 0 bridgehead atoms. The van der Waals surface area contributed by atoms with Crippen molar-refractivity contribution in [3.05, 3.63) is 72.9 Å². The van der Waals surface area contributed by atoms with Gasteiger partial charge in [0.15, 0.2) is 0 Å². The fourth-order valence-corrected chi connectivity index (χ4v) is 8.11. The van der Waals surface area contributed by atoms with Crippen LogP contribution < -0.4 is 5.32 Å². The number of hydrogen-bond donors (Lipinski definition) is 3. The van der Waals surface area contributed by atoms with Gasteiger partial charge in [0, 0.05) is 6.42 Å². The average Bonchev–Trinajstić information content (AvgIpc) is 3.29. The quantitative estimate of drug-likeness (QED) is 0.0321. The standard InChI is InChI=1S/C58H103NO5/c1-4-7-10-13-16-19-22-25-27-28-30-33-36-39-42-45-48-51-58(63)64-54(49-46-43-40-37-34-32-29-26-23-20-17-14-11-8-5-2)52-57(62)59-55(53-60)56(61)50-47-44-41-38-35-31-24-21-18-15-12-9-6-3/h7,10,13,16,19,22,25,27-28,30,33,36,54-56,60-61H,4-6,8-9,11-12,14-15,17-18,20-21,23-24,26,29,31-32,34-35,37-53H2,1-3H3,(H,59,62)/b10-7-,16-13+,22-19+,27-25-,30-28+,36-33+. The Balaban J connectivity index is 4.66. The molecule has 0 rings (SSSR count). The summed E-state index contributed by atoms with van der Waals surface area (Å²) in [5.41, 5.74) is 0. The van der Waals surface area contributed by atoms with E-state index in [1.165, 1.54) is 141 Å². The predicted octanol–water partition coefficient (Wildman–Crippen LogP) is 16.6. The molecule has 0 aromatic carbocycles. The van der Waals surface area contributed by atoms with Gasteiger partial charge in [-0.15, -0.1) is 0 Å². The average molecular weight is 894 g/mol. The van der Waals surface area contributed by atoms with E-state index in [2.05, 4.69) is 50.4 Å². The van der Waals surface area contributed by atoms with E-state index in [0.29, 0.717) is 19.3 Å². The number of allylic oxidation sites excluding steroid dienone is 12. The minimum atomic E-state index is -0.797. The van der Waals surface area contributed by atoms with E-state index in [1.807, 2.05) is 48.6 Å². The van der Waals surface area contributed by atoms with Crippen LogP contribution in [0.15, 0.2) is 72.9 Å². The van der Waals surface area contributed by atoms with Crippen LogP contribution in [-0.2, 0) is 14.3 Å². The summed E-state index contributed by atoms with van der Waals surface area (Å²) < 4.78 is 5.93. The summed E-state index contributed by atoms with van der Waals surface area (Å²) >= 11 is 0. The van der Waals surface area contributed by atoms with E-state index in [4.69, 9.17) is 4.74 Å². The number of carbonyl (C=O) groups is 2. The van der Waals surface area contributed by atoms with Gasteiger partial charge in [-0.25, -0.2) is 0 Å². The highest BCUT2D eigenvalue weighted by atomic mass is 16.5. The Bertz CT molecular complexity index is 1190. The van der Waals surface area contributed by atoms with Crippen LogP contribution in [0.5, 0.6) is 0 Å². The first kappa shape index (κ1) is 61.3. The van der Waals surface area contributed by atoms with Crippen LogP contribution in [0.3, 0.4) is 0 Å². The first-order valence-corrected chi connectivity index (χ1v) is 27.2. The zero-order valence-corrected chi connectivity index (χ0v) is 42.1. The molecule has 3 atom stereocenters. The number of rotatable bonds is 48. The zero-order valence-electron chi connectivity index (χ0n) is 42.1. The molecule has 0 heterocycles. The zero-order chi connectivity index (χ0) is 46.7. The number of aliphatic hydroxyl groups excluding tert-OH is 2. The van der Waals surface area contributed by atoms with E-state index in [1.54, 1.807) is 0 Å². The lowest BCUT2D eigenvalue weighted by Crippen LogP contribution is -2.46. The maximum absolute atomic E-state index is 13.2. The molecule has 0 aliphatic heterocycles. The van der Waals surface area contributed by atoms with Gasteiger partial charge in [-0.3, -0.25) is 9.59 Å². The predicted molar refractivity (Wildman–Crippen MR) is 278 cm³/mol. The van der Waals surface area contributed by atoms with Gasteiger partial charge in [-0.1, -0.05) is 273 Å². The monoisotopic (exact) mass is 894 g/mol. The van der Waals surface area contributed by atoms with Crippen molar-refractivity contribution in [2.45, 2.75) is 277 Å². The minimum absolute atomic E-state index is 0.0593. The number of carbonyl (C=O) groups excluding carboxylic acids is 2. The second-order valence-electron chi connectivity index (χ2n) is 18.4. The Hall–Kier alpha value is -2.70. The smallest absolute Gasteiger partial charge is 0.306 e. The highest BCUT2D eigenvalue weighted by Gasteiger charge is 2.24. The Morgan fingerprint density at radius 1 is 0.469 bits per heavy atom. The van der Waals surface area contributed by atoms with Gasteiger partial charge in [0.05, 0.1) is 25.2 Å². The summed E-state index contributed by atoms with van der Waals surface area (Å²) in [5, 5.41) is 23.8. The van der Waals surface area contributed by atoms with Crippen molar-refractivity contribution in [1.82, 2.24) is 5.32 Å². The van der Waals surface area contributed by atoms with E-state index in [-0.39, 0.29) is 24.9 Å². The van der Waals surface area contributed by atoms with Crippen LogP contribution in [0.25, 0.3) is 0 Å². The molecule has 0 fully saturated rings. The van der Waals surface area contributed by atoms with Crippen LogP contribution in [0.2, 0.25) is 0 Å². The van der Waals surface area contributed by atoms with Crippen molar-refractivity contribution < 1.29 is 24.5 Å². The molecule has 0 aromatic rings. The third-order valence-electron chi connectivity index (χ3n) is 12.2. The highest BCUT2D eigenvalue weighted by Crippen LogP contribution is 2.18. The van der Waals surface area contributed by atoms with Crippen LogP contribution in [0, 0.1) is 0 Å². The maximum Gasteiger partial charge on any atom is 0.306 e. The van der Waals surface area contributed by atoms with Crippen molar-refractivity contribution in [2.24, 2.45) is 0 Å². The molecule has 0 saturated heterocycles. The molecule has 0 radical (unpaired) electrons. The van der Waals surface area contributed by atoms with Gasteiger partial charge < -0.3 is 20.3 Å². The molecule has 64 heavy (non-hydrogen) atoms. The van der Waals surface area contributed by atoms with Crippen molar-refractivity contribution >= 4 is 11.9 Å². The lowest BCUT2D eigenvalue weighted by Gasteiger charge is -2.24. The van der Waals surface area contributed by atoms with E-state index in [9.17, 15) is 19.8 Å². The number of unbranched alkanes of at least 4 members (excludes halogenated alkanes) is 29. The number of esters is 1. The number of aliphatic hydroxyl groups is 2. The summed E-state index contributed by atoms with van der Waals surface area (Å²) in [6.07, 6.45) is 65.3. The Morgan fingerprint density at radius 2 is 0.844 bits per heavy atom. The molecule has 0 saturated carbocycles.